The lowest BCUT2D eigenvalue weighted by atomic mass is 10.1. The van der Waals surface area contributed by atoms with Crippen molar-refractivity contribution in [2.24, 2.45) is 0 Å². The van der Waals surface area contributed by atoms with E-state index in [1.807, 2.05) is 30.3 Å². The molecule has 0 radical (unpaired) electrons. The minimum atomic E-state index is -0.676. The van der Waals surface area contributed by atoms with Crippen LogP contribution in [0.4, 0.5) is 16.3 Å². The number of benzene rings is 2. The third kappa shape index (κ3) is 3.30. The number of hydrogen-bond donors (Lipinski definition) is 1. The van der Waals surface area contributed by atoms with Crippen molar-refractivity contribution in [1.82, 2.24) is 4.98 Å². The number of non-ortho nitro benzene ring substituents is 1. The molecule has 0 saturated carbocycles. The average molecular weight is 323 g/mol. The molecule has 0 unspecified atom stereocenters. The summed E-state index contributed by atoms with van der Waals surface area (Å²) in [6, 6.07) is 15.4. The molecule has 0 aliphatic rings. The summed E-state index contributed by atoms with van der Waals surface area (Å²) >= 11 is 0. The summed E-state index contributed by atoms with van der Waals surface area (Å²) in [5.74, 6) is 0.217. The van der Waals surface area contributed by atoms with E-state index in [-0.39, 0.29) is 18.1 Å². The van der Waals surface area contributed by atoms with Crippen molar-refractivity contribution >= 4 is 28.4 Å². The third-order valence-corrected chi connectivity index (χ3v) is 3.41. The lowest BCUT2D eigenvalue weighted by molar-refractivity contribution is -0.383. The second kappa shape index (κ2) is 6.74. The number of amides is 1. The van der Waals surface area contributed by atoms with Crippen LogP contribution in [0.3, 0.4) is 0 Å². The Balaban J connectivity index is 1.79. The highest BCUT2D eigenvalue weighted by Gasteiger charge is 2.15. The number of anilines is 1. The van der Waals surface area contributed by atoms with E-state index < -0.39 is 11.0 Å². The summed E-state index contributed by atoms with van der Waals surface area (Å²) < 4.78 is 5.13. The monoisotopic (exact) mass is 323 g/mol. The zero-order valence-corrected chi connectivity index (χ0v) is 12.5. The van der Waals surface area contributed by atoms with Crippen molar-refractivity contribution in [3.05, 3.63) is 76.5 Å². The predicted octanol–water partition coefficient (Wildman–Crippen LogP) is 3.89. The van der Waals surface area contributed by atoms with Gasteiger partial charge in [-0.05, 0) is 11.6 Å². The summed E-state index contributed by atoms with van der Waals surface area (Å²) in [5, 5.41) is 14.5. The van der Waals surface area contributed by atoms with E-state index in [1.165, 1.54) is 18.3 Å². The van der Waals surface area contributed by atoms with Crippen molar-refractivity contribution in [3.8, 4) is 0 Å². The predicted molar refractivity (Wildman–Crippen MR) is 88.6 cm³/mol. The van der Waals surface area contributed by atoms with Gasteiger partial charge in [0.15, 0.2) is 0 Å². The molecule has 3 rings (SSSR count). The summed E-state index contributed by atoms with van der Waals surface area (Å²) in [5.41, 5.74) is 0.810. The first-order valence-electron chi connectivity index (χ1n) is 7.15. The van der Waals surface area contributed by atoms with Gasteiger partial charge in [0, 0.05) is 17.6 Å². The van der Waals surface area contributed by atoms with Crippen LogP contribution in [0.1, 0.15) is 5.56 Å². The van der Waals surface area contributed by atoms with Crippen LogP contribution in [0.15, 0.2) is 60.8 Å². The van der Waals surface area contributed by atoms with Crippen LogP contribution >= 0.6 is 0 Å². The highest BCUT2D eigenvalue weighted by molar-refractivity contribution is 6.01. The molecule has 24 heavy (non-hydrogen) atoms. The smallest absolute Gasteiger partial charge is 0.413 e. The van der Waals surface area contributed by atoms with E-state index in [0.717, 1.165) is 5.56 Å². The summed E-state index contributed by atoms with van der Waals surface area (Å²) in [6.45, 7) is 0.123. The number of fused-ring (bicyclic) bond motifs is 1. The Bertz CT molecular complexity index is 897. The minimum absolute atomic E-state index is 0.0457. The van der Waals surface area contributed by atoms with Crippen molar-refractivity contribution in [2.45, 2.75) is 6.61 Å². The lowest BCUT2D eigenvalue weighted by Gasteiger charge is -2.09. The van der Waals surface area contributed by atoms with Gasteiger partial charge in [0.1, 0.15) is 12.4 Å². The van der Waals surface area contributed by atoms with Gasteiger partial charge in [0.2, 0.25) is 0 Å². The number of carbonyl (C=O) groups is 1. The summed E-state index contributed by atoms with van der Waals surface area (Å²) in [6.07, 6.45) is 0.729. The van der Waals surface area contributed by atoms with Gasteiger partial charge in [-0.25, -0.2) is 9.78 Å². The second-order valence-electron chi connectivity index (χ2n) is 4.98. The van der Waals surface area contributed by atoms with Crippen LogP contribution in [-0.4, -0.2) is 16.0 Å². The fraction of sp³-hybridized carbons (Fsp3) is 0.0588. The molecule has 120 valence electrons. The van der Waals surface area contributed by atoms with Gasteiger partial charge in [0.05, 0.1) is 10.3 Å². The molecule has 0 fully saturated rings. The van der Waals surface area contributed by atoms with Crippen LogP contribution in [-0.2, 0) is 11.3 Å². The average Bonchev–Trinajstić information content (AvgIpc) is 2.60. The Morgan fingerprint density at radius 3 is 2.62 bits per heavy atom. The Kier molecular flexibility index (Phi) is 4.33. The quantitative estimate of drug-likeness (QED) is 0.580. The zero-order chi connectivity index (χ0) is 16.9. The molecule has 1 amide bonds. The van der Waals surface area contributed by atoms with Gasteiger partial charge in [-0.1, -0.05) is 42.5 Å². The number of aromatic nitrogens is 1. The van der Waals surface area contributed by atoms with Gasteiger partial charge in [-0.2, -0.15) is 0 Å². The number of pyridine rings is 1. The second-order valence-corrected chi connectivity index (χ2v) is 4.98. The van der Waals surface area contributed by atoms with Gasteiger partial charge in [0.25, 0.3) is 5.69 Å². The van der Waals surface area contributed by atoms with E-state index in [4.69, 9.17) is 4.74 Å². The fourth-order valence-electron chi connectivity index (χ4n) is 2.31. The van der Waals surface area contributed by atoms with Crippen molar-refractivity contribution in [1.29, 1.82) is 0 Å². The molecule has 0 aliphatic heterocycles. The van der Waals surface area contributed by atoms with Crippen LogP contribution in [0.5, 0.6) is 0 Å². The molecule has 0 saturated heterocycles. The van der Waals surface area contributed by atoms with Gasteiger partial charge in [-0.3, -0.25) is 15.4 Å². The molecule has 2 aromatic carbocycles. The van der Waals surface area contributed by atoms with Gasteiger partial charge < -0.3 is 4.74 Å². The Morgan fingerprint density at radius 1 is 1.08 bits per heavy atom. The third-order valence-electron chi connectivity index (χ3n) is 3.41. The number of nitrogens with one attached hydrogen (secondary N) is 1. The highest BCUT2D eigenvalue weighted by Crippen LogP contribution is 2.28. The maximum atomic E-state index is 11.9. The molecular formula is C17H13N3O4. The van der Waals surface area contributed by atoms with Crippen LogP contribution in [0.2, 0.25) is 0 Å². The zero-order valence-electron chi connectivity index (χ0n) is 12.5. The molecule has 1 aromatic heterocycles. The molecule has 0 bridgehead atoms. The molecule has 1 N–H and O–H groups in total. The first-order valence-corrected chi connectivity index (χ1v) is 7.15. The van der Waals surface area contributed by atoms with E-state index in [0.29, 0.717) is 10.8 Å². The SMILES string of the molecule is O=C(Nc1nccc2c([N+](=O)[O-])cccc12)OCc1ccccc1. The number of ether oxygens (including phenoxy) is 1. The molecule has 3 aromatic rings. The van der Waals surface area contributed by atoms with Crippen LogP contribution < -0.4 is 5.32 Å². The molecular weight excluding hydrogens is 310 g/mol. The Morgan fingerprint density at radius 2 is 1.88 bits per heavy atom. The summed E-state index contributed by atoms with van der Waals surface area (Å²) in [7, 11) is 0. The minimum Gasteiger partial charge on any atom is -0.444 e. The highest BCUT2D eigenvalue weighted by atomic mass is 16.6. The fourth-order valence-corrected chi connectivity index (χ4v) is 2.31. The number of nitro groups is 1. The standard InChI is InChI=1S/C17H13N3O4/c21-17(24-11-12-5-2-1-3-6-12)19-16-14-7-4-8-15(20(22)23)13(14)9-10-18-16/h1-10H,11H2,(H,18,19,21). The molecule has 0 aliphatic carbocycles. The number of hydrogen-bond acceptors (Lipinski definition) is 5. The van der Waals surface area contributed by atoms with E-state index >= 15 is 0 Å². The van der Waals surface area contributed by atoms with E-state index in [9.17, 15) is 14.9 Å². The van der Waals surface area contributed by atoms with Crippen LogP contribution in [0, 0.1) is 10.1 Å². The van der Waals surface area contributed by atoms with Gasteiger partial charge >= 0.3 is 6.09 Å². The summed E-state index contributed by atoms with van der Waals surface area (Å²) in [4.78, 5) is 26.6. The molecule has 0 spiro atoms. The normalized spacial score (nSPS) is 10.3. The van der Waals surface area contributed by atoms with Crippen molar-refractivity contribution in [2.75, 3.05) is 5.32 Å². The Labute approximate surface area is 137 Å². The first-order chi connectivity index (χ1) is 11.6. The van der Waals surface area contributed by atoms with E-state index in [1.54, 1.807) is 12.1 Å². The van der Waals surface area contributed by atoms with Crippen LogP contribution in [0.25, 0.3) is 10.8 Å². The number of nitro benzene ring substituents is 1. The van der Waals surface area contributed by atoms with E-state index in [2.05, 4.69) is 10.3 Å². The lowest BCUT2D eigenvalue weighted by Crippen LogP contribution is -2.14. The number of nitrogens with zero attached hydrogens (tertiary/aromatic N) is 2. The topological polar surface area (TPSA) is 94.4 Å². The molecule has 1 heterocycles. The molecule has 0 atom stereocenters. The van der Waals surface area contributed by atoms with Crippen molar-refractivity contribution in [3.63, 3.8) is 0 Å². The Hall–Kier alpha value is -3.48. The number of rotatable bonds is 4. The first kappa shape index (κ1) is 15.4. The number of carbonyl (C=O) groups excluding carboxylic acids is 1. The maximum absolute atomic E-state index is 11.9. The van der Waals surface area contributed by atoms with Gasteiger partial charge in [-0.15, -0.1) is 0 Å². The maximum Gasteiger partial charge on any atom is 0.413 e. The largest absolute Gasteiger partial charge is 0.444 e. The van der Waals surface area contributed by atoms with Crippen molar-refractivity contribution < 1.29 is 14.5 Å². The molecule has 7 nitrogen and oxygen atoms in total. The molecule has 7 heteroatoms.